The zero-order valence-corrected chi connectivity index (χ0v) is 24.9. The Kier molecular flexibility index (Phi) is 13.2. The highest BCUT2D eigenvalue weighted by molar-refractivity contribution is 6.04. The molecule has 0 spiro atoms. The molecule has 2 fully saturated rings. The third kappa shape index (κ3) is 10.5. The first kappa shape index (κ1) is 31.6. The lowest BCUT2D eigenvalue weighted by molar-refractivity contribution is -0.110. The van der Waals surface area contributed by atoms with Crippen LogP contribution in [0.1, 0.15) is 24.0 Å². The average Bonchev–Trinajstić information content (AvgIpc) is 3.04. The van der Waals surface area contributed by atoms with Gasteiger partial charge in [0.05, 0.1) is 53.9 Å². The van der Waals surface area contributed by atoms with Gasteiger partial charge in [-0.05, 0) is 60.4 Å². The number of nitrogens with zero attached hydrogens (tertiary/aromatic N) is 2. The van der Waals surface area contributed by atoms with E-state index in [0.29, 0.717) is 36.2 Å². The first-order chi connectivity index (χ1) is 20.6. The summed E-state index contributed by atoms with van der Waals surface area (Å²) < 4.78 is 33.7. The van der Waals surface area contributed by atoms with Crippen molar-refractivity contribution in [1.29, 1.82) is 0 Å². The van der Waals surface area contributed by atoms with Crippen molar-refractivity contribution in [3.05, 3.63) is 59.7 Å². The van der Waals surface area contributed by atoms with E-state index < -0.39 is 0 Å². The smallest absolute Gasteiger partial charge is 0.178 e. The van der Waals surface area contributed by atoms with E-state index in [0.717, 1.165) is 89.7 Å². The van der Waals surface area contributed by atoms with Gasteiger partial charge in [0.2, 0.25) is 0 Å². The highest BCUT2D eigenvalue weighted by Crippen LogP contribution is 2.30. The number of morpholine rings is 2. The van der Waals surface area contributed by atoms with Gasteiger partial charge in [0.15, 0.2) is 28.8 Å². The summed E-state index contributed by atoms with van der Waals surface area (Å²) >= 11 is 0. The lowest BCUT2D eigenvalue weighted by Crippen LogP contribution is -2.37. The maximum atomic E-state index is 12.5. The van der Waals surface area contributed by atoms with Crippen molar-refractivity contribution in [2.75, 3.05) is 93.1 Å². The molecule has 2 saturated heterocycles. The molecule has 0 unspecified atom stereocenters. The number of rotatable bonds is 16. The summed E-state index contributed by atoms with van der Waals surface area (Å²) in [5.74, 6) is 2.55. The molecule has 9 heteroatoms. The minimum atomic E-state index is -0.125. The van der Waals surface area contributed by atoms with Crippen LogP contribution < -0.4 is 18.9 Å². The van der Waals surface area contributed by atoms with E-state index in [9.17, 15) is 4.79 Å². The van der Waals surface area contributed by atoms with Gasteiger partial charge in [-0.1, -0.05) is 24.3 Å². The third-order valence-corrected chi connectivity index (χ3v) is 7.22. The summed E-state index contributed by atoms with van der Waals surface area (Å²) in [5.41, 5.74) is 1.71. The second kappa shape index (κ2) is 17.6. The number of allylic oxidation sites excluding steroid dienone is 2. The van der Waals surface area contributed by atoms with Crippen LogP contribution in [0.3, 0.4) is 0 Å². The van der Waals surface area contributed by atoms with Crippen molar-refractivity contribution in [3.8, 4) is 23.0 Å². The summed E-state index contributed by atoms with van der Waals surface area (Å²) in [5, 5.41) is 0. The largest absolute Gasteiger partial charge is 0.493 e. The van der Waals surface area contributed by atoms with Crippen LogP contribution in [-0.4, -0.2) is 109 Å². The molecule has 228 valence electrons. The van der Waals surface area contributed by atoms with Crippen molar-refractivity contribution < 1.29 is 33.2 Å². The number of hydrogen-bond acceptors (Lipinski definition) is 9. The standard InChI is InChI=1S/C33H44N2O7/c1-37-32-25-27(7-11-30(32)41-19-3-13-34-15-21-39-22-16-34)5-9-29(36)10-6-28-8-12-31(33(26-28)38-2)42-20-4-14-35-17-23-40-24-18-35/h5-12,25-26H,3-4,13-24H2,1-2H3/b9-5+,10-6+. The van der Waals surface area contributed by atoms with Gasteiger partial charge in [0, 0.05) is 39.3 Å². The molecular weight excluding hydrogens is 536 g/mol. The van der Waals surface area contributed by atoms with Crippen molar-refractivity contribution in [3.63, 3.8) is 0 Å². The molecule has 2 heterocycles. The molecule has 2 aliphatic heterocycles. The van der Waals surface area contributed by atoms with Crippen molar-refractivity contribution in [2.45, 2.75) is 12.8 Å². The molecule has 0 N–H and O–H groups in total. The first-order valence-electron chi connectivity index (χ1n) is 14.8. The zero-order chi connectivity index (χ0) is 29.4. The summed E-state index contributed by atoms with van der Waals surface area (Å²) in [6, 6.07) is 11.3. The number of ketones is 1. The van der Waals surface area contributed by atoms with E-state index in [1.54, 1.807) is 26.4 Å². The monoisotopic (exact) mass is 580 g/mol. The van der Waals surface area contributed by atoms with E-state index in [1.165, 1.54) is 12.2 Å². The molecule has 0 bridgehead atoms. The van der Waals surface area contributed by atoms with E-state index in [1.807, 2.05) is 36.4 Å². The molecular formula is C33H44N2O7. The van der Waals surface area contributed by atoms with E-state index >= 15 is 0 Å². The van der Waals surface area contributed by atoms with Crippen LogP contribution in [0.25, 0.3) is 12.2 Å². The zero-order valence-electron chi connectivity index (χ0n) is 24.9. The molecule has 42 heavy (non-hydrogen) atoms. The summed E-state index contributed by atoms with van der Waals surface area (Å²) in [6.07, 6.45) is 8.48. The second-order valence-corrected chi connectivity index (χ2v) is 10.2. The Bertz CT molecular complexity index is 1080. The van der Waals surface area contributed by atoms with Crippen LogP contribution in [0.15, 0.2) is 48.6 Å². The van der Waals surface area contributed by atoms with Crippen LogP contribution in [0.5, 0.6) is 23.0 Å². The molecule has 2 aliphatic rings. The lowest BCUT2D eigenvalue weighted by Gasteiger charge is -2.26. The Morgan fingerprint density at radius 1 is 0.690 bits per heavy atom. The summed E-state index contributed by atoms with van der Waals surface area (Å²) in [7, 11) is 3.24. The fourth-order valence-corrected chi connectivity index (χ4v) is 4.82. The highest BCUT2D eigenvalue weighted by Gasteiger charge is 2.12. The fraction of sp³-hybridized carbons (Fsp3) is 0.485. The Balaban J connectivity index is 1.22. The van der Waals surface area contributed by atoms with Crippen LogP contribution in [0, 0.1) is 0 Å². The quantitative estimate of drug-likeness (QED) is 0.214. The van der Waals surface area contributed by atoms with Gasteiger partial charge in [-0.3, -0.25) is 14.6 Å². The number of hydrogen-bond donors (Lipinski definition) is 0. The minimum absolute atomic E-state index is 0.125. The SMILES string of the molecule is COc1cc(/C=C/C(=O)/C=C/c2ccc(OCCCN3CCOCC3)c(OC)c2)ccc1OCCCN1CCOCC1. The summed E-state index contributed by atoms with van der Waals surface area (Å²) in [6.45, 7) is 10.3. The van der Waals surface area contributed by atoms with Gasteiger partial charge < -0.3 is 28.4 Å². The molecule has 0 saturated carbocycles. The molecule has 0 amide bonds. The second-order valence-electron chi connectivity index (χ2n) is 10.2. The molecule has 0 aromatic heterocycles. The molecule has 0 atom stereocenters. The first-order valence-corrected chi connectivity index (χ1v) is 14.8. The molecule has 0 aliphatic carbocycles. The van der Waals surface area contributed by atoms with Crippen LogP contribution in [0.2, 0.25) is 0 Å². The lowest BCUT2D eigenvalue weighted by atomic mass is 10.1. The average molecular weight is 581 g/mol. The van der Waals surface area contributed by atoms with Crippen LogP contribution in [-0.2, 0) is 14.3 Å². The van der Waals surface area contributed by atoms with Gasteiger partial charge in [-0.25, -0.2) is 0 Å². The number of benzene rings is 2. The molecule has 9 nitrogen and oxygen atoms in total. The van der Waals surface area contributed by atoms with Gasteiger partial charge in [-0.2, -0.15) is 0 Å². The predicted octanol–water partition coefficient (Wildman–Crippen LogP) is 4.20. The Morgan fingerprint density at radius 2 is 1.12 bits per heavy atom. The normalized spacial score (nSPS) is 16.6. The third-order valence-electron chi connectivity index (χ3n) is 7.22. The van der Waals surface area contributed by atoms with Gasteiger partial charge in [-0.15, -0.1) is 0 Å². The van der Waals surface area contributed by atoms with Crippen LogP contribution >= 0.6 is 0 Å². The number of ether oxygens (including phenoxy) is 6. The van der Waals surface area contributed by atoms with Crippen LogP contribution in [0.4, 0.5) is 0 Å². The predicted molar refractivity (Wildman–Crippen MR) is 164 cm³/mol. The van der Waals surface area contributed by atoms with E-state index in [-0.39, 0.29) is 5.78 Å². The Labute approximate surface area is 249 Å². The number of methoxy groups -OCH3 is 2. The van der Waals surface area contributed by atoms with Gasteiger partial charge >= 0.3 is 0 Å². The number of carbonyl (C=O) groups excluding carboxylic acids is 1. The van der Waals surface area contributed by atoms with Gasteiger partial charge in [0.1, 0.15) is 0 Å². The Hall–Kier alpha value is -3.37. The minimum Gasteiger partial charge on any atom is -0.493 e. The van der Waals surface area contributed by atoms with Gasteiger partial charge in [0.25, 0.3) is 0 Å². The molecule has 4 rings (SSSR count). The molecule has 0 radical (unpaired) electrons. The van der Waals surface area contributed by atoms with Crippen molar-refractivity contribution in [1.82, 2.24) is 9.80 Å². The summed E-state index contributed by atoms with van der Waals surface area (Å²) in [4.78, 5) is 17.3. The molecule has 2 aromatic carbocycles. The fourth-order valence-electron chi connectivity index (χ4n) is 4.82. The van der Waals surface area contributed by atoms with E-state index in [4.69, 9.17) is 28.4 Å². The topological polar surface area (TPSA) is 78.9 Å². The number of carbonyl (C=O) groups is 1. The maximum absolute atomic E-state index is 12.5. The highest BCUT2D eigenvalue weighted by atomic mass is 16.5. The van der Waals surface area contributed by atoms with Crippen molar-refractivity contribution in [2.24, 2.45) is 0 Å². The van der Waals surface area contributed by atoms with E-state index in [2.05, 4.69) is 9.80 Å². The maximum Gasteiger partial charge on any atom is 0.178 e. The molecule has 2 aromatic rings. The Morgan fingerprint density at radius 3 is 1.52 bits per heavy atom. The van der Waals surface area contributed by atoms with Crippen molar-refractivity contribution >= 4 is 17.9 Å².